The SMILES string of the molecule is CC(=O)c1ccc(C#CP(=O)(c2ccccc2)c2ccccc2)cc1. The van der Waals surface area contributed by atoms with E-state index < -0.39 is 7.14 Å². The quantitative estimate of drug-likeness (QED) is 0.405. The third-order valence-corrected chi connectivity index (χ3v) is 6.37. The van der Waals surface area contributed by atoms with E-state index in [1.165, 1.54) is 6.92 Å². The first-order valence-electron chi connectivity index (χ1n) is 7.95. The molecular weight excluding hydrogens is 327 g/mol. The van der Waals surface area contributed by atoms with Crippen LogP contribution in [-0.2, 0) is 4.57 Å². The van der Waals surface area contributed by atoms with Crippen molar-refractivity contribution >= 4 is 23.5 Å². The van der Waals surface area contributed by atoms with Gasteiger partial charge in [0.2, 0.25) is 7.14 Å². The number of rotatable bonds is 3. The highest BCUT2D eigenvalue weighted by atomic mass is 31.2. The van der Waals surface area contributed by atoms with E-state index in [1.807, 2.05) is 60.7 Å². The van der Waals surface area contributed by atoms with Gasteiger partial charge in [-0.05, 0) is 24.7 Å². The fourth-order valence-corrected chi connectivity index (χ4v) is 4.51. The van der Waals surface area contributed by atoms with Crippen LogP contribution in [0.2, 0.25) is 0 Å². The highest BCUT2D eigenvalue weighted by Gasteiger charge is 2.24. The van der Waals surface area contributed by atoms with Crippen molar-refractivity contribution in [2.24, 2.45) is 0 Å². The topological polar surface area (TPSA) is 34.1 Å². The molecule has 3 aromatic carbocycles. The van der Waals surface area contributed by atoms with Crippen LogP contribution >= 0.6 is 7.14 Å². The molecule has 3 rings (SSSR count). The molecule has 0 aliphatic heterocycles. The van der Waals surface area contributed by atoms with Crippen molar-refractivity contribution in [3.05, 3.63) is 96.1 Å². The zero-order valence-corrected chi connectivity index (χ0v) is 14.7. The lowest BCUT2D eigenvalue weighted by atomic mass is 10.1. The van der Waals surface area contributed by atoms with Gasteiger partial charge in [0.25, 0.3) is 0 Å². The molecule has 0 bridgehead atoms. The third kappa shape index (κ3) is 3.79. The number of carbonyl (C=O) groups is 1. The van der Waals surface area contributed by atoms with Crippen LogP contribution in [-0.4, -0.2) is 5.78 Å². The maximum absolute atomic E-state index is 13.7. The van der Waals surface area contributed by atoms with Crippen LogP contribution in [0.15, 0.2) is 84.9 Å². The summed E-state index contributed by atoms with van der Waals surface area (Å²) in [7, 11) is -3.05. The number of benzene rings is 3. The first-order valence-corrected chi connectivity index (χ1v) is 9.66. The Morgan fingerprint density at radius 1 is 0.760 bits per heavy atom. The molecule has 0 saturated heterocycles. The van der Waals surface area contributed by atoms with Crippen LogP contribution in [0, 0.1) is 11.6 Å². The fraction of sp³-hybridized carbons (Fsp3) is 0.0455. The lowest BCUT2D eigenvalue weighted by Crippen LogP contribution is -2.14. The summed E-state index contributed by atoms with van der Waals surface area (Å²) in [4.78, 5) is 11.4. The van der Waals surface area contributed by atoms with Gasteiger partial charge in [-0.2, -0.15) is 0 Å². The molecule has 0 amide bonds. The van der Waals surface area contributed by atoms with Gasteiger partial charge in [0.15, 0.2) is 5.78 Å². The molecule has 0 aliphatic carbocycles. The molecule has 3 heteroatoms. The summed E-state index contributed by atoms with van der Waals surface area (Å²) in [5, 5.41) is 1.43. The van der Waals surface area contributed by atoms with E-state index in [1.54, 1.807) is 24.3 Å². The largest absolute Gasteiger partial charge is 0.300 e. The summed E-state index contributed by atoms with van der Waals surface area (Å²) in [5.41, 5.74) is 4.39. The van der Waals surface area contributed by atoms with Crippen molar-refractivity contribution in [3.63, 3.8) is 0 Å². The Labute approximate surface area is 147 Å². The normalized spacial score (nSPS) is 10.6. The summed E-state index contributed by atoms with van der Waals surface area (Å²) in [6, 6.07) is 25.7. The molecule has 0 unspecified atom stereocenters. The second-order valence-electron chi connectivity index (χ2n) is 5.65. The van der Waals surface area contributed by atoms with Crippen molar-refractivity contribution in [3.8, 4) is 11.6 Å². The number of hydrogen-bond donors (Lipinski definition) is 0. The molecule has 0 heterocycles. The van der Waals surface area contributed by atoms with Crippen LogP contribution in [0.4, 0.5) is 0 Å². The number of hydrogen-bond acceptors (Lipinski definition) is 2. The van der Waals surface area contributed by atoms with Crippen molar-refractivity contribution in [2.45, 2.75) is 6.92 Å². The highest BCUT2D eigenvalue weighted by molar-refractivity contribution is 7.83. The van der Waals surface area contributed by atoms with Crippen molar-refractivity contribution < 1.29 is 9.36 Å². The molecule has 25 heavy (non-hydrogen) atoms. The standard InChI is InChI=1S/C22H17O2P/c1-18(23)20-14-12-19(13-15-20)16-17-25(24,21-8-4-2-5-9-21)22-10-6-3-7-11-22/h2-15H,1H3. The molecule has 0 radical (unpaired) electrons. The summed E-state index contributed by atoms with van der Waals surface area (Å²) >= 11 is 0. The smallest absolute Gasteiger partial charge is 0.211 e. The second kappa shape index (κ2) is 7.34. The summed E-state index contributed by atoms with van der Waals surface area (Å²) in [5.74, 6) is 3.04. The van der Waals surface area contributed by atoms with E-state index in [0.29, 0.717) is 16.2 Å². The summed E-state index contributed by atoms with van der Waals surface area (Å²) < 4.78 is 13.7. The zero-order chi connectivity index (χ0) is 17.7. The minimum absolute atomic E-state index is 0.0127. The average Bonchev–Trinajstić information content (AvgIpc) is 2.68. The number of ketones is 1. The molecule has 0 aliphatic rings. The van der Waals surface area contributed by atoms with Gasteiger partial charge in [-0.15, -0.1) is 0 Å². The minimum Gasteiger partial charge on any atom is -0.300 e. The van der Waals surface area contributed by atoms with E-state index in [9.17, 15) is 9.36 Å². The monoisotopic (exact) mass is 344 g/mol. The zero-order valence-electron chi connectivity index (χ0n) is 13.8. The predicted molar refractivity (Wildman–Crippen MR) is 103 cm³/mol. The molecule has 0 N–H and O–H groups in total. The maximum atomic E-state index is 13.7. The molecule has 3 aromatic rings. The first kappa shape index (κ1) is 17.0. The third-order valence-electron chi connectivity index (χ3n) is 3.89. The van der Waals surface area contributed by atoms with Gasteiger partial charge in [0.1, 0.15) is 0 Å². The Morgan fingerprint density at radius 3 is 1.68 bits per heavy atom. The molecular formula is C22H17O2P. The first-order chi connectivity index (χ1) is 12.1. The Kier molecular flexibility index (Phi) is 4.98. The lowest BCUT2D eigenvalue weighted by molar-refractivity contribution is 0.101. The molecule has 0 saturated carbocycles. The van der Waals surface area contributed by atoms with Crippen molar-refractivity contribution in [1.29, 1.82) is 0 Å². The van der Waals surface area contributed by atoms with Crippen LogP contribution in [0.25, 0.3) is 0 Å². The van der Waals surface area contributed by atoms with Crippen molar-refractivity contribution in [2.75, 3.05) is 0 Å². The Balaban J connectivity index is 2.06. The van der Waals surface area contributed by atoms with E-state index in [0.717, 1.165) is 5.56 Å². The average molecular weight is 344 g/mol. The molecule has 0 spiro atoms. The van der Waals surface area contributed by atoms with Gasteiger partial charge < -0.3 is 0 Å². The van der Waals surface area contributed by atoms with Gasteiger partial charge in [0.05, 0.1) is 0 Å². The van der Waals surface area contributed by atoms with Gasteiger partial charge in [-0.1, -0.05) is 78.7 Å². The Morgan fingerprint density at radius 2 is 1.24 bits per heavy atom. The predicted octanol–water partition coefficient (Wildman–Crippen LogP) is 4.21. The van der Waals surface area contributed by atoms with E-state index >= 15 is 0 Å². The lowest BCUT2D eigenvalue weighted by Gasteiger charge is -2.12. The number of carbonyl (C=O) groups excluding carboxylic acids is 1. The second-order valence-corrected chi connectivity index (χ2v) is 8.13. The summed E-state index contributed by atoms with van der Waals surface area (Å²) in [6.45, 7) is 1.53. The molecule has 122 valence electrons. The van der Waals surface area contributed by atoms with E-state index in [4.69, 9.17) is 0 Å². The van der Waals surface area contributed by atoms with Crippen LogP contribution in [0.3, 0.4) is 0 Å². The van der Waals surface area contributed by atoms with Gasteiger partial charge >= 0.3 is 0 Å². The summed E-state index contributed by atoms with van der Waals surface area (Å²) in [6.07, 6.45) is 0. The van der Waals surface area contributed by atoms with Crippen LogP contribution in [0.5, 0.6) is 0 Å². The molecule has 0 atom stereocenters. The van der Waals surface area contributed by atoms with E-state index in [-0.39, 0.29) is 5.78 Å². The van der Waals surface area contributed by atoms with Crippen molar-refractivity contribution in [1.82, 2.24) is 0 Å². The van der Waals surface area contributed by atoms with Crippen LogP contribution < -0.4 is 10.6 Å². The molecule has 2 nitrogen and oxygen atoms in total. The highest BCUT2D eigenvalue weighted by Crippen LogP contribution is 2.41. The maximum Gasteiger partial charge on any atom is 0.211 e. The van der Waals surface area contributed by atoms with Gasteiger partial charge in [0, 0.05) is 21.7 Å². The Bertz CT molecular complexity index is 935. The minimum atomic E-state index is -3.05. The van der Waals surface area contributed by atoms with E-state index in [2.05, 4.69) is 11.6 Å². The fourth-order valence-electron chi connectivity index (χ4n) is 2.49. The molecule has 0 aromatic heterocycles. The van der Waals surface area contributed by atoms with Gasteiger partial charge in [-0.25, -0.2) is 0 Å². The Hall–Kier alpha value is -2.88. The molecule has 0 fully saturated rings. The number of Topliss-reactive ketones (excluding diaryl/α,β-unsaturated/α-hetero) is 1. The van der Waals surface area contributed by atoms with Gasteiger partial charge in [-0.3, -0.25) is 9.36 Å². The van der Waals surface area contributed by atoms with Crippen LogP contribution in [0.1, 0.15) is 22.8 Å².